The Bertz CT molecular complexity index is 589. The highest BCUT2D eigenvalue weighted by Gasteiger charge is 2.18. The van der Waals surface area contributed by atoms with Crippen molar-refractivity contribution in [1.29, 1.82) is 0 Å². The molecule has 0 saturated heterocycles. The molecule has 0 aliphatic carbocycles. The number of ether oxygens (including phenoxy) is 1. The van der Waals surface area contributed by atoms with Crippen molar-refractivity contribution < 1.29 is 4.74 Å². The Labute approximate surface area is 144 Å². The summed E-state index contributed by atoms with van der Waals surface area (Å²) in [6.45, 7) is 4.31. The molecule has 2 rings (SSSR count). The molecule has 3 nitrogen and oxygen atoms in total. The maximum absolute atomic E-state index is 5.62. The van der Waals surface area contributed by atoms with E-state index < -0.39 is 0 Å². The van der Waals surface area contributed by atoms with Crippen LogP contribution in [0.4, 0.5) is 0 Å². The first-order chi connectivity index (χ1) is 11.2. The van der Waals surface area contributed by atoms with E-state index in [-0.39, 0.29) is 6.04 Å². The number of methoxy groups -OCH3 is 1. The van der Waals surface area contributed by atoms with Crippen LogP contribution in [0.1, 0.15) is 24.1 Å². The predicted molar refractivity (Wildman–Crippen MR) is 99.3 cm³/mol. The molecule has 0 saturated carbocycles. The number of nitrogens with one attached hydrogen (secondary N) is 1. The molecule has 2 aromatic carbocycles. The molecule has 1 unspecified atom stereocenters. The van der Waals surface area contributed by atoms with Gasteiger partial charge in [0.2, 0.25) is 0 Å². The molecule has 4 heteroatoms. The zero-order valence-corrected chi connectivity index (χ0v) is 14.6. The molecule has 122 valence electrons. The number of thiocarbonyl (C=S) groups is 1. The number of rotatable bonds is 7. The van der Waals surface area contributed by atoms with Crippen LogP contribution in [-0.4, -0.2) is 30.3 Å². The first kappa shape index (κ1) is 17.4. The minimum atomic E-state index is 0.193. The van der Waals surface area contributed by atoms with E-state index in [1.807, 2.05) is 12.1 Å². The molecule has 0 aliphatic heterocycles. The lowest BCUT2D eigenvalue weighted by Crippen LogP contribution is -2.42. The van der Waals surface area contributed by atoms with Crippen molar-refractivity contribution in [3.8, 4) is 0 Å². The summed E-state index contributed by atoms with van der Waals surface area (Å²) in [5.41, 5.74) is 2.49. The van der Waals surface area contributed by atoms with Crippen LogP contribution >= 0.6 is 12.2 Å². The summed E-state index contributed by atoms with van der Waals surface area (Å²) >= 11 is 5.62. The molecule has 1 N–H and O–H groups in total. The predicted octanol–water partition coefficient (Wildman–Crippen LogP) is 3.77. The maximum Gasteiger partial charge on any atom is 0.169 e. The third-order valence-corrected chi connectivity index (χ3v) is 4.17. The lowest BCUT2D eigenvalue weighted by molar-refractivity contribution is 0.202. The summed E-state index contributed by atoms with van der Waals surface area (Å²) in [5.74, 6) is 0. The first-order valence-corrected chi connectivity index (χ1v) is 8.25. The Morgan fingerprint density at radius 3 is 2.30 bits per heavy atom. The fourth-order valence-corrected chi connectivity index (χ4v) is 2.76. The van der Waals surface area contributed by atoms with Gasteiger partial charge < -0.3 is 15.0 Å². The zero-order valence-electron chi connectivity index (χ0n) is 13.7. The fraction of sp³-hybridized carbons (Fsp3) is 0.316. The Morgan fingerprint density at radius 2 is 1.70 bits per heavy atom. The Morgan fingerprint density at radius 1 is 1.09 bits per heavy atom. The Hall–Kier alpha value is -1.91. The molecule has 1 atom stereocenters. The van der Waals surface area contributed by atoms with Crippen molar-refractivity contribution in [1.82, 2.24) is 10.2 Å². The summed E-state index contributed by atoms with van der Waals surface area (Å²) in [4.78, 5) is 2.22. The van der Waals surface area contributed by atoms with Crippen LogP contribution in [0.2, 0.25) is 0 Å². The lowest BCUT2D eigenvalue weighted by Gasteiger charge is -2.32. The second-order valence-corrected chi connectivity index (χ2v) is 5.81. The van der Waals surface area contributed by atoms with Crippen LogP contribution < -0.4 is 5.32 Å². The second kappa shape index (κ2) is 9.28. The Kier molecular flexibility index (Phi) is 7.04. The van der Waals surface area contributed by atoms with Crippen LogP contribution in [0.25, 0.3) is 0 Å². The minimum Gasteiger partial charge on any atom is -0.383 e. The van der Waals surface area contributed by atoms with E-state index in [1.54, 1.807) is 7.11 Å². The van der Waals surface area contributed by atoms with Gasteiger partial charge in [-0.2, -0.15) is 0 Å². The van der Waals surface area contributed by atoms with Crippen LogP contribution in [0.3, 0.4) is 0 Å². The van der Waals surface area contributed by atoms with E-state index in [0.29, 0.717) is 13.2 Å². The van der Waals surface area contributed by atoms with E-state index in [0.717, 1.165) is 11.7 Å². The number of benzene rings is 2. The molecule has 0 amide bonds. The standard InChI is InChI=1S/C19H24N2OS/c1-16(18-11-7-4-8-12-18)21(19(23)20-13-14-22-2)15-17-9-5-3-6-10-17/h3-12,16H,13-15H2,1-2H3,(H,20,23). The van der Waals surface area contributed by atoms with E-state index in [2.05, 4.69) is 65.7 Å². The molecule has 0 aliphatic rings. The smallest absolute Gasteiger partial charge is 0.169 e. The van der Waals surface area contributed by atoms with E-state index in [4.69, 9.17) is 17.0 Å². The van der Waals surface area contributed by atoms with Gasteiger partial charge in [-0.15, -0.1) is 0 Å². The second-order valence-electron chi connectivity index (χ2n) is 5.42. The van der Waals surface area contributed by atoms with Gasteiger partial charge in [0.1, 0.15) is 0 Å². The van der Waals surface area contributed by atoms with Crippen LogP contribution in [-0.2, 0) is 11.3 Å². The zero-order chi connectivity index (χ0) is 16.5. The van der Waals surface area contributed by atoms with E-state index in [9.17, 15) is 0 Å². The minimum absolute atomic E-state index is 0.193. The monoisotopic (exact) mass is 328 g/mol. The summed E-state index contributed by atoms with van der Waals surface area (Å²) < 4.78 is 5.09. The van der Waals surface area contributed by atoms with E-state index >= 15 is 0 Å². The van der Waals surface area contributed by atoms with E-state index in [1.165, 1.54) is 11.1 Å². The van der Waals surface area contributed by atoms with Gasteiger partial charge in [-0.25, -0.2) is 0 Å². The fourth-order valence-electron chi connectivity index (χ4n) is 2.44. The van der Waals surface area contributed by atoms with Crippen molar-refractivity contribution in [3.63, 3.8) is 0 Å². The van der Waals surface area contributed by atoms with Crippen LogP contribution in [0, 0.1) is 0 Å². The maximum atomic E-state index is 5.62. The SMILES string of the molecule is COCCNC(=S)N(Cc1ccccc1)C(C)c1ccccc1. The van der Waals surface area contributed by atoms with Gasteiger partial charge in [0.25, 0.3) is 0 Å². The molecular weight excluding hydrogens is 304 g/mol. The normalized spacial score (nSPS) is 11.7. The highest BCUT2D eigenvalue weighted by atomic mass is 32.1. The van der Waals surface area contributed by atoms with Crippen molar-refractivity contribution in [2.75, 3.05) is 20.3 Å². The van der Waals surface area contributed by atoms with Gasteiger partial charge in [-0.1, -0.05) is 60.7 Å². The summed E-state index contributed by atoms with van der Waals surface area (Å²) in [6.07, 6.45) is 0. The topological polar surface area (TPSA) is 24.5 Å². The quantitative estimate of drug-likeness (QED) is 0.618. The van der Waals surface area contributed by atoms with Crippen molar-refractivity contribution in [2.24, 2.45) is 0 Å². The lowest BCUT2D eigenvalue weighted by atomic mass is 10.1. The molecule has 0 heterocycles. The highest BCUT2D eigenvalue weighted by molar-refractivity contribution is 7.80. The van der Waals surface area contributed by atoms with Crippen LogP contribution in [0.15, 0.2) is 60.7 Å². The summed E-state index contributed by atoms with van der Waals surface area (Å²) in [6, 6.07) is 21.0. The average Bonchev–Trinajstić information content (AvgIpc) is 2.61. The van der Waals surface area contributed by atoms with Crippen molar-refractivity contribution in [3.05, 3.63) is 71.8 Å². The first-order valence-electron chi connectivity index (χ1n) is 7.84. The average molecular weight is 328 g/mol. The molecule has 0 bridgehead atoms. The van der Waals surface area contributed by atoms with Crippen molar-refractivity contribution in [2.45, 2.75) is 19.5 Å². The molecule has 0 radical (unpaired) electrons. The van der Waals surface area contributed by atoms with Crippen LogP contribution in [0.5, 0.6) is 0 Å². The van der Waals surface area contributed by atoms with Gasteiger partial charge in [0.05, 0.1) is 12.6 Å². The number of hydrogen-bond acceptors (Lipinski definition) is 2. The summed E-state index contributed by atoms with van der Waals surface area (Å²) in [7, 11) is 1.69. The molecule has 0 aromatic heterocycles. The molecular formula is C19H24N2OS. The molecule has 23 heavy (non-hydrogen) atoms. The molecule has 2 aromatic rings. The van der Waals surface area contributed by atoms with Gasteiger partial charge in [-0.05, 0) is 30.3 Å². The summed E-state index contributed by atoms with van der Waals surface area (Å²) in [5, 5.41) is 4.04. The molecule has 0 spiro atoms. The third-order valence-electron chi connectivity index (χ3n) is 3.79. The third kappa shape index (κ3) is 5.34. The number of nitrogens with zero attached hydrogens (tertiary/aromatic N) is 1. The number of hydrogen-bond donors (Lipinski definition) is 1. The van der Waals surface area contributed by atoms with Gasteiger partial charge >= 0.3 is 0 Å². The van der Waals surface area contributed by atoms with Gasteiger partial charge in [0.15, 0.2) is 5.11 Å². The Balaban J connectivity index is 2.15. The van der Waals surface area contributed by atoms with Gasteiger partial charge in [-0.3, -0.25) is 0 Å². The molecule has 0 fully saturated rings. The highest BCUT2D eigenvalue weighted by Crippen LogP contribution is 2.22. The van der Waals surface area contributed by atoms with Gasteiger partial charge in [0, 0.05) is 20.2 Å². The largest absolute Gasteiger partial charge is 0.383 e. The van der Waals surface area contributed by atoms with Crippen molar-refractivity contribution >= 4 is 17.3 Å².